The van der Waals surface area contributed by atoms with Crippen LogP contribution in [0, 0.1) is 6.92 Å². The molecule has 1 aromatic carbocycles. The summed E-state index contributed by atoms with van der Waals surface area (Å²) < 4.78 is 6.04. The molecule has 0 N–H and O–H groups in total. The van der Waals surface area contributed by atoms with Gasteiger partial charge < -0.3 is 9.32 Å². The second kappa shape index (κ2) is 7.47. The lowest BCUT2D eigenvalue weighted by atomic mass is 10.1. The van der Waals surface area contributed by atoms with Crippen LogP contribution >= 0.6 is 0 Å². The first-order chi connectivity index (χ1) is 12.1. The Balaban J connectivity index is 1.87. The van der Waals surface area contributed by atoms with E-state index in [0.717, 1.165) is 47.2 Å². The summed E-state index contributed by atoms with van der Waals surface area (Å²) >= 11 is 0. The first kappa shape index (κ1) is 17.1. The van der Waals surface area contributed by atoms with Gasteiger partial charge in [0.05, 0.1) is 11.9 Å². The Morgan fingerprint density at radius 3 is 2.72 bits per heavy atom. The summed E-state index contributed by atoms with van der Waals surface area (Å²) in [6.45, 7) is 4.50. The van der Waals surface area contributed by atoms with Gasteiger partial charge in [0.2, 0.25) is 0 Å². The SMILES string of the molecule is CCCCc1oc2ccccc2c1CN(C)C(=O)c1cnc(C)cn1. The summed E-state index contributed by atoms with van der Waals surface area (Å²) in [4.78, 5) is 22.7. The van der Waals surface area contributed by atoms with E-state index >= 15 is 0 Å². The molecule has 1 amide bonds. The first-order valence-corrected chi connectivity index (χ1v) is 8.63. The Morgan fingerprint density at radius 2 is 2.00 bits per heavy atom. The van der Waals surface area contributed by atoms with Gasteiger partial charge in [-0.25, -0.2) is 4.98 Å². The van der Waals surface area contributed by atoms with Gasteiger partial charge >= 0.3 is 0 Å². The highest BCUT2D eigenvalue weighted by Crippen LogP contribution is 2.28. The fraction of sp³-hybridized carbons (Fsp3) is 0.350. The van der Waals surface area contributed by atoms with E-state index in [-0.39, 0.29) is 5.91 Å². The first-order valence-electron chi connectivity index (χ1n) is 8.63. The minimum atomic E-state index is -0.140. The van der Waals surface area contributed by atoms with Gasteiger partial charge in [-0.1, -0.05) is 31.5 Å². The highest BCUT2D eigenvalue weighted by Gasteiger charge is 2.19. The molecule has 0 bridgehead atoms. The van der Waals surface area contributed by atoms with E-state index in [9.17, 15) is 4.79 Å². The Labute approximate surface area is 147 Å². The molecule has 0 saturated heterocycles. The van der Waals surface area contributed by atoms with Crippen LogP contribution in [0.1, 0.15) is 47.3 Å². The van der Waals surface area contributed by atoms with Gasteiger partial charge in [0.25, 0.3) is 5.91 Å². The number of carbonyl (C=O) groups excluding carboxylic acids is 1. The Hall–Kier alpha value is -2.69. The molecule has 2 heterocycles. The van der Waals surface area contributed by atoms with Crippen LogP contribution in [-0.4, -0.2) is 27.8 Å². The summed E-state index contributed by atoms with van der Waals surface area (Å²) in [5, 5.41) is 1.07. The topological polar surface area (TPSA) is 59.2 Å². The minimum absolute atomic E-state index is 0.140. The van der Waals surface area contributed by atoms with Crippen molar-refractivity contribution in [2.75, 3.05) is 7.05 Å². The summed E-state index contributed by atoms with van der Waals surface area (Å²) in [6, 6.07) is 7.99. The molecule has 5 heteroatoms. The standard InChI is InChI=1S/C20H23N3O2/c1-4-5-9-19-16(15-8-6-7-10-18(15)25-19)13-23(3)20(24)17-12-21-14(2)11-22-17/h6-8,10-12H,4-5,9,13H2,1-3H3. The van der Waals surface area contributed by atoms with Crippen LogP contribution in [0.15, 0.2) is 41.1 Å². The second-order valence-corrected chi connectivity index (χ2v) is 6.31. The van der Waals surface area contributed by atoms with E-state index in [1.807, 2.05) is 31.2 Å². The number of aryl methyl sites for hydroxylation is 2. The predicted molar refractivity (Wildman–Crippen MR) is 97.4 cm³/mol. The number of aromatic nitrogens is 2. The van der Waals surface area contributed by atoms with Crippen LogP contribution in [-0.2, 0) is 13.0 Å². The van der Waals surface area contributed by atoms with Crippen LogP contribution < -0.4 is 0 Å². The normalized spacial score (nSPS) is 11.0. The molecule has 2 aromatic heterocycles. The van der Waals surface area contributed by atoms with Crippen molar-refractivity contribution in [3.8, 4) is 0 Å². The number of nitrogens with zero attached hydrogens (tertiary/aromatic N) is 3. The minimum Gasteiger partial charge on any atom is -0.461 e. The van der Waals surface area contributed by atoms with Crippen molar-refractivity contribution in [3.05, 3.63) is 59.4 Å². The van der Waals surface area contributed by atoms with Crippen LogP contribution in [0.25, 0.3) is 11.0 Å². The Kier molecular flexibility index (Phi) is 5.12. The van der Waals surface area contributed by atoms with Crippen LogP contribution in [0.4, 0.5) is 0 Å². The molecule has 0 spiro atoms. The maximum Gasteiger partial charge on any atom is 0.274 e. The van der Waals surface area contributed by atoms with Gasteiger partial charge in [0, 0.05) is 37.2 Å². The Morgan fingerprint density at radius 1 is 1.20 bits per heavy atom. The molecular weight excluding hydrogens is 314 g/mol. The lowest BCUT2D eigenvalue weighted by molar-refractivity contribution is 0.0778. The molecule has 0 radical (unpaired) electrons. The number of rotatable bonds is 6. The number of benzene rings is 1. The maximum absolute atomic E-state index is 12.6. The highest BCUT2D eigenvalue weighted by molar-refractivity contribution is 5.92. The van der Waals surface area contributed by atoms with E-state index in [2.05, 4.69) is 16.9 Å². The zero-order chi connectivity index (χ0) is 17.8. The molecule has 3 rings (SSSR count). The van der Waals surface area contributed by atoms with Crippen molar-refractivity contribution in [1.82, 2.24) is 14.9 Å². The maximum atomic E-state index is 12.6. The van der Waals surface area contributed by atoms with Gasteiger partial charge in [0.1, 0.15) is 17.0 Å². The zero-order valence-corrected chi connectivity index (χ0v) is 15.0. The van der Waals surface area contributed by atoms with Crippen LogP contribution in [0.2, 0.25) is 0 Å². The molecule has 0 aliphatic rings. The van der Waals surface area contributed by atoms with Gasteiger partial charge in [-0.15, -0.1) is 0 Å². The number of para-hydroxylation sites is 1. The Bertz CT molecular complexity index is 868. The molecule has 3 aromatic rings. The summed E-state index contributed by atoms with van der Waals surface area (Å²) in [7, 11) is 1.79. The number of fused-ring (bicyclic) bond motifs is 1. The molecular formula is C20H23N3O2. The molecule has 0 aliphatic heterocycles. The average Bonchev–Trinajstić information content (AvgIpc) is 2.97. The molecule has 25 heavy (non-hydrogen) atoms. The number of unbranched alkanes of at least 4 members (excludes halogenated alkanes) is 1. The van der Waals surface area contributed by atoms with E-state index in [0.29, 0.717) is 12.2 Å². The quantitative estimate of drug-likeness (QED) is 0.678. The van der Waals surface area contributed by atoms with Crippen LogP contribution in [0.3, 0.4) is 0 Å². The predicted octanol–water partition coefficient (Wildman–Crippen LogP) is 4.15. The molecule has 0 unspecified atom stereocenters. The number of hydrogen-bond donors (Lipinski definition) is 0. The lowest BCUT2D eigenvalue weighted by Gasteiger charge is -2.17. The number of carbonyl (C=O) groups is 1. The third-order valence-electron chi connectivity index (χ3n) is 4.28. The molecule has 0 atom stereocenters. The molecule has 0 aliphatic carbocycles. The van der Waals surface area contributed by atoms with Crippen molar-refractivity contribution < 1.29 is 9.21 Å². The largest absolute Gasteiger partial charge is 0.461 e. The number of furan rings is 1. The monoisotopic (exact) mass is 337 g/mol. The van der Waals surface area contributed by atoms with Gasteiger partial charge in [0.15, 0.2) is 0 Å². The third-order valence-corrected chi connectivity index (χ3v) is 4.28. The van der Waals surface area contributed by atoms with E-state index in [1.54, 1.807) is 18.1 Å². The smallest absolute Gasteiger partial charge is 0.274 e. The van der Waals surface area contributed by atoms with Crippen LogP contribution in [0.5, 0.6) is 0 Å². The summed E-state index contributed by atoms with van der Waals surface area (Å²) in [5.41, 5.74) is 3.11. The molecule has 130 valence electrons. The third kappa shape index (κ3) is 3.71. The summed E-state index contributed by atoms with van der Waals surface area (Å²) in [5.74, 6) is 0.830. The van der Waals surface area contributed by atoms with Crippen molar-refractivity contribution >= 4 is 16.9 Å². The fourth-order valence-corrected chi connectivity index (χ4v) is 2.87. The number of amides is 1. The average molecular weight is 337 g/mol. The second-order valence-electron chi connectivity index (χ2n) is 6.31. The van der Waals surface area contributed by atoms with Crippen molar-refractivity contribution in [1.29, 1.82) is 0 Å². The zero-order valence-electron chi connectivity index (χ0n) is 15.0. The highest BCUT2D eigenvalue weighted by atomic mass is 16.3. The van der Waals surface area contributed by atoms with Crippen molar-refractivity contribution in [2.24, 2.45) is 0 Å². The summed E-state index contributed by atoms with van der Waals surface area (Å²) in [6.07, 6.45) is 6.19. The number of hydrogen-bond acceptors (Lipinski definition) is 4. The molecule has 0 saturated carbocycles. The fourth-order valence-electron chi connectivity index (χ4n) is 2.87. The van der Waals surface area contributed by atoms with Gasteiger partial charge in [-0.2, -0.15) is 0 Å². The van der Waals surface area contributed by atoms with E-state index in [4.69, 9.17) is 4.42 Å². The molecule has 0 fully saturated rings. The van der Waals surface area contributed by atoms with Gasteiger partial charge in [-0.05, 0) is 19.4 Å². The molecule has 5 nitrogen and oxygen atoms in total. The van der Waals surface area contributed by atoms with Crippen molar-refractivity contribution in [3.63, 3.8) is 0 Å². The lowest BCUT2D eigenvalue weighted by Crippen LogP contribution is -2.27. The van der Waals surface area contributed by atoms with Gasteiger partial charge in [-0.3, -0.25) is 9.78 Å². The van der Waals surface area contributed by atoms with Crippen molar-refractivity contribution in [2.45, 2.75) is 39.7 Å². The van der Waals surface area contributed by atoms with E-state index in [1.165, 1.54) is 6.20 Å². The van der Waals surface area contributed by atoms with E-state index < -0.39 is 0 Å².